The van der Waals surface area contributed by atoms with Crippen molar-refractivity contribution in [1.82, 2.24) is 15.1 Å². The summed E-state index contributed by atoms with van der Waals surface area (Å²) in [4.78, 5) is 12.9. The van der Waals surface area contributed by atoms with Gasteiger partial charge in [0.1, 0.15) is 5.75 Å². The number of aryl methyl sites for hydroxylation is 1. The van der Waals surface area contributed by atoms with E-state index in [4.69, 9.17) is 16.3 Å². The van der Waals surface area contributed by atoms with Gasteiger partial charge in [0.05, 0.1) is 11.7 Å². The fourth-order valence-electron chi connectivity index (χ4n) is 3.24. The summed E-state index contributed by atoms with van der Waals surface area (Å²) in [7, 11) is 1.86. The number of fused-ring (bicyclic) bond motifs is 1. The smallest absolute Gasteiger partial charge is 0.262 e. The van der Waals surface area contributed by atoms with Crippen molar-refractivity contribution in [1.29, 1.82) is 0 Å². The minimum atomic E-state index is -0.567. The molecule has 0 saturated carbocycles. The van der Waals surface area contributed by atoms with E-state index in [1.807, 2.05) is 49.5 Å². The Kier molecular flexibility index (Phi) is 4.39. The molecule has 0 spiro atoms. The highest BCUT2D eigenvalue weighted by Crippen LogP contribution is 2.31. The maximum Gasteiger partial charge on any atom is 0.262 e. The van der Waals surface area contributed by atoms with Gasteiger partial charge in [-0.3, -0.25) is 9.48 Å². The molecule has 2 aromatic carbocycles. The number of halogens is 1. The predicted octanol–water partition coefficient (Wildman–Crippen LogP) is 3.28. The summed E-state index contributed by atoms with van der Waals surface area (Å²) in [5, 5.41) is 7.98. The fourth-order valence-corrected chi connectivity index (χ4v) is 3.43. The van der Waals surface area contributed by atoms with Gasteiger partial charge >= 0.3 is 0 Å². The first-order valence-electron chi connectivity index (χ1n) is 8.40. The summed E-state index contributed by atoms with van der Waals surface area (Å²) in [6.07, 6.45) is 1.67. The molecule has 2 atom stereocenters. The molecule has 6 heteroatoms. The van der Waals surface area contributed by atoms with Gasteiger partial charge < -0.3 is 10.1 Å². The quantitative estimate of drug-likeness (QED) is 0.769. The third kappa shape index (κ3) is 3.18. The van der Waals surface area contributed by atoms with E-state index in [1.165, 1.54) is 0 Å². The van der Waals surface area contributed by atoms with E-state index in [-0.39, 0.29) is 11.9 Å². The van der Waals surface area contributed by atoms with Crippen LogP contribution in [0.25, 0.3) is 0 Å². The van der Waals surface area contributed by atoms with E-state index in [2.05, 4.69) is 10.4 Å². The molecule has 0 unspecified atom stereocenters. The zero-order chi connectivity index (χ0) is 18.1. The van der Waals surface area contributed by atoms with Gasteiger partial charge in [-0.1, -0.05) is 41.9 Å². The third-order valence-electron chi connectivity index (χ3n) is 4.56. The van der Waals surface area contributed by atoms with Crippen LogP contribution in [-0.4, -0.2) is 21.8 Å². The van der Waals surface area contributed by atoms with Gasteiger partial charge in [-0.25, -0.2) is 0 Å². The summed E-state index contributed by atoms with van der Waals surface area (Å²) in [5.74, 6) is 0.554. The number of aromatic nitrogens is 2. The molecule has 132 valence electrons. The molecule has 26 heavy (non-hydrogen) atoms. The highest BCUT2D eigenvalue weighted by molar-refractivity contribution is 6.30. The van der Waals surface area contributed by atoms with Crippen molar-refractivity contribution in [2.45, 2.75) is 18.6 Å². The lowest BCUT2D eigenvalue weighted by Crippen LogP contribution is -2.40. The van der Waals surface area contributed by atoms with Crippen LogP contribution in [-0.2, 0) is 18.3 Å². The third-order valence-corrected chi connectivity index (χ3v) is 4.80. The molecule has 0 saturated heterocycles. The van der Waals surface area contributed by atoms with E-state index >= 15 is 0 Å². The minimum absolute atomic E-state index is 0.160. The van der Waals surface area contributed by atoms with E-state index in [0.717, 1.165) is 16.8 Å². The van der Waals surface area contributed by atoms with Crippen LogP contribution in [0.2, 0.25) is 5.02 Å². The van der Waals surface area contributed by atoms with Crippen LogP contribution in [0.3, 0.4) is 0 Å². The van der Waals surface area contributed by atoms with Gasteiger partial charge in [-0.15, -0.1) is 0 Å². The second kappa shape index (κ2) is 6.84. The van der Waals surface area contributed by atoms with Crippen LogP contribution in [0.4, 0.5) is 0 Å². The Hall–Kier alpha value is -2.79. The first-order chi connectivity index (χ1) is 12.6. The van der Waals surface area contributed by atoms with E-state index in [9.17, 15) is 4.79 Å². The van der Waals surface area contributed by atoms with Crippen molar-refractivity contribution >= 4 is 17.5 Å². The molecule has 3 aromatic rings. The Morgan fingerprint density at radius 3 is 2.81 bits per heavy atom. The van der Waals surface area contributed by atoms with Crippen molar-refractivity contribution in [3.8, 4) is 5.75 Å². The largest absolute Gasteiger partial charge is 0.480 e. The van der Waals surface area contributed by atoms with Crippen molar-refractivity contribution in [2.75, 3.05) is 0 Å². The first kappa shape index (κ1) is 16.7. The second-order valence-corrected chi connectivity index (χ2v) is 6.73. The molecule has 0 bridgehead atoms. The van der Waals surface area contributed by atoms with Crippen LogP contribution in [0.5, 0.6) is 5.75 Å². The average molecular weight is 368 g/mol. The molecule has 0 radical (unpaired) electrons. The Balaban J connectivity index is 1.57. The number of nitrogens with one attached hydrogen (secondary N) is 1. The average Bonchev–Trinajstić information content (AvgIpc) is 3.26. The van der Waals surface area contributed by atoms with Gasteiger partial charge in [0.2, 0.25) is 0 Å². The van der Waals surface area contributed by atoms with Crippen LogP contribution in [0.1, 0.15) is 22.9 Å². The minimum Gasteiger partial charge on any atom is -0.480 e. The van der Waals surface area contributed by atoms with Crippen molar-refractivity contribution in [2.24, 2.45) is 7.05 Å². The molecule has 1 aromatic heterocycles. The topological polar surface area (TPSA) is 56.2 Å². The van der Waals surface area contributed by atoms with Gasteiger partial charge in [-0.2, -0.15) is 5.10 Å². The molecule has 1 N–H and O–H groups in total. The monoisotopic (exact) mass is 367 g/mol. The van der Waals surface area contributed by atoms with Gasteiger partial charge in [0.25, 0.3) is 5.91 Å². The molecule has 0 fully saturated rings. The van der Waals surface area contributed by atoms with Gasteiger partial charge in [0.15, 0.2) is 6.10 Å². The summed E-state index contributed by atoms with van der Waals surface area (Å²) in [5.41, 5.74) is 2.85. The lowest BCUT2D eigenvalue weighted by molar-refractivity contribution is -0.127. The summed E-state index contributed by atoms with van der Waals surface area (Å²) >= 11 is 6.03. The number of carbonyl (C=O) groups excluding carboxylic acids is 1. The Bertz CT molecular complexity index is 939. The Morgan fingerprint density at radius 2 is 2.08 bits per heavy atom. The first-order valence-corrected chi connectivity index (χ1v) is 8.78. The predicted molar refractivity (Wildman–Crippen MR) is 99.2 cm³/mol. The lowest BCUT2D eigenvalue weighted by Gasteiger charge is -2.21. The van der Waals surface area contributed by atoms with Gasteiger partial charge in [-0.05, 0) is 35.4 Å². The van der Waals surface area contributed by atoms with Crippen molar-refractivity contribution < 1.29 is 9.53 Å². The Labute approximate surface area is 156 Å². The molecule has 1 aliphatic rings. The normalized spacial score (nSPS) is 16.6. The molecule has 0 aliphatic carbocycles. The number of rotatable bonds is 4. The number of hydrogen-bond acceptors (Lipinski definition) is 3. The van der Waals surface area contributed by atoms with E-state index < -0.39 is 6.10 Å². The van der Waals surface area contributed by atoms with Crippen LogP contribution in [0, 0.1) is 0 Å². The zero-order valence-corrected chi connectivity index (χ0v) is 15.0. The molecule has 5 nitrogen and oxygen atoms in total. The molecule has 4 rings (SSSR count). The van der Waals surface area contributed by atoms with Crippen molar-refractivity contribution in [3.63, 3.8) is 0 Å². The van der Waals surface area contributed by atoms with E-state index in [0.29, 0.717) is 17.2 Å². The molecular weight excluding hydrogens is 350 g/mol. The van der Waals surface area contributed by atoms with E-state index in [1.54, 1.807) is 23.0 Å². The number of ether oxygens (including phenoxy) is 1. The number of hydrogen-bond donors (Lipinski definition) is 1. The number of carbonyl (C=O) groups is 1. The number of amides is 1. The lowest BCUT2D eigenvalue weighted by atomic mass is 10.0. The number of nitrogens with zero attached hydrogens (tertiary/aromatic N) is 2. The number of benzene rings is 2. The maximum atomic E-state index is 12.9. The van der Waals surface area contributed by atoms with Gasteiger partial charge in [0, 0.05) is 24.7 Å². The summed E-state index contributed by atoms with van der Waals surface area (Å²) in [6, 6.07) is 16.9. The molecular formula is C20H18ClN3O2. The highest BCUT2D eigenvalue weighted by Gasteiger charge is 2.31. The standard InChI is InChI=1S/C20H18ClN3O2/c1-24-16(9-10-22-24)19(13-5-3-2-4-6-13)23-20(25)18-12-14-11-15(21)7-8-17(14)26-18/h2-11,18-19H,12H2,1H3,(H,23,25)/t18-,19-/m1/s1. The second-order valence-electron chi connectivity index (χ2n) is 6.29. The molecule has 1 amide bonds. The summed E-state index contributed by atoms with van der Waals surface area (Å²) in [6.45, 7) is 0. The van der Waals surface area contributed by atoms with Crippen LogP contribution < -0.4 is 10.1 Å². The zero-order valence-electron chi connectivity index (χ0n) is 14.2. The van der Waals surface area contributed by atoms with Crippen LogP contribution >= 0.6 is 11.6 Å². The Morgan fingerprint density at radius 1 is 1.27 bits per heavy atom. The molecule has 2 heterocycles. The molecule has 1 aliphatic heterocycles. The van der Waals surface area contributed by atoms with Crippen molar-refractivity contribution in [3.05, 3.63) is 82.6 Å². The fraction of sp³-hybridized carbons (Fsp3) is 0.200. The highest BCUT2D eigenvalue weighted by atomic mass is 35.5. The van der Waals surface area contributed by atoms with Crippen LogP contribution in [0.15, 0.2) is 60.8 Å². The SMILES string of the molecule is Cn1nccc1[C@H](NC(=O)[C@H]1Cc2cc(Cl)ccc2O1)c1ccccc1. The summed E-state index contributed by atoms with van der Waals surface area (Å²) < 4.78 is 7.58. The maximum absolute atomic E-state index is 12.9.